The Bertz CT molecular complexity index is 206. The fourth-order valence-electron chi connectivity index (χ4n) is 2.73. The van der Waals surface area contributed by atoms with Gasteiger partial charge in [-0.2, -0.15) is 0 Å². The highest BCUT2D eigenvalue weighted by atomic mass is 14.2. The lowest BCUT2D eigenvalue weighted by molar-refractivity contribution is 0.356. The maximum Gasteiger partial charge on any atom is -0.0233 e. The molecule has 0 aromatic carbocycles. The van der Waals surface area contributed by atoms with E-state index in [4.69, 9.17) is 0 Å². The predicted molar refractivity (Wildman–Crippen MR) is 78.2 cm³/mol. The largest absolute Gasteiger partial charge is 0.103 e. The van der Waals surface area contributed by atoms with Crippen LogP contribution in [-0.2, 0) is 0 Å². The van der Waals surface area contributed by atoms with Crippen molar-refractivity contribution in [3.05, 3.63) is 24.8 Å². The first-order valence-corrected chi connectivity index (χ1v) is 7.66. The van der Waals surface area contributed by atoms with Gasteiger partial charge in [0.2, 0.25) is 0 Å². The van der Waals surface area contributed by atoms with E-state index in [-0.39, 0.29) is 0 Å². The molecule has 0 radical (unpaired) electrons. The van der Waals surface area contributed by atoms with Crippen molar-refractivity contribution in [2.45, 2.75) is 71.1 Å². The first-order chi connectivity index (χ1) is 8.36. The van der Waals surface area contributed by atoms with Crippen LogP contribution in [0.3, 0.4) is 0 Å². The topological polar surface area (TPSA) is 0 Å². The first-order valence-electron chi connectivity index (χ1n) is 7.66. The highest BCUT2D eigenvalue weighted by Crippen LogP contribution is 2.30. The molecule has 0 heterocycles. The van der Waals surface area contributed by atoms with Gasteiger partial charge in [-0.25, -0.2) is 0 Å². The smallest absolute Gasteiger partial charge is 0.0233 e. The highest BCUT2D eigenvalue weighted by Gasteiger charge is 2.16. The second kappa shape index (κ2) is 9.50. The predicted octanol–water partition coefficient (Wildman–Crippen LogP) is 5.90. The van der Waals surface area contributed by atoms with Crippen LogP contribution < -0.4 is 0 Å². The van der Waals surface area contributed by atoms with Gasteiger partial charge in [-0.3, -0.25) is 0 Å². The average Bonchev–Trinajstić information content (AvgIpc) is 2.38. The molecule has 0 atom stereocenters. The number of unbranched alkanes of at least 4 members (excludes halogenated alkanes) is 5. The van der Waals surface area contributed by atoms with Crippen molar-refractivity contribution < 1.29 is 0 Å². The average molecular weight is 234 g/mol. The van der Waals surface area contributed by atoms with Crippen LogP contribution in [0.2, 0.25) is 0 Å². The zero-order valence-electron chi connectivity index (χ0n) is 11.7. The summed E-state index contributed by atoms with van der Waals surface area (Å²) in [6.45, 7) is 6.18. The minimum absolute atomic E-state index is 0.800. The Labute approximate surface area is 108 Å². The summed E-state index contributed by atoms with van der Waals surface area (Å²) in [6, 6.07) is 0. The van der Waals surface area contributed by atoms with Crippen LogP contribution in [0.1, 0.15) is 71.1 Å². The van der Waals surface area contributed by atoms with Crippen molar-refractivity contribution in [3.8, 4) is 0 Å². The van der Waals surface area contributed by atoms with Crippen LogP contribution in [0.4, 0.5) is 0 Å². The van der Waals surface area contributed by atoms with Gasteiger partial charge >= 0.3 is 0 Å². The molecule has 0 aromatic heterocycles. The fourth-order valence-corrected chi connectivity index (χ4v) is 2.73. The zero-order chi connectivity index (χ0) is 12.3. The summed E-state index contributed by atoms with van der Waals surface area (Å²) < 4.78 is 0. The van der Waals surface area contributed by atoms with Crippen LogP contribution in [0.15, 0.2) is 24.8 Å². The molecule has 0 heteroatoms. The summed E-state index contributed by atoms with van der Waals surface area (Å²) in [6.07, 6.45) is 20.8. The van der Waals surface area contributed by atoms with E-state index in [1.807, 2.05) is 0 Å². The van der Waals surface area contributed by atoms with Gasteiger partial charge in [0.25, 0.3) is 0 Å². The van der Waals surface area contributed by atoms with E-state index >= 15 is 0 Å². The standard InChI is InChI=1S/C17H30/c1-3-5-6-7-8-9-10-11-17-14-12-16(4-2)13-15-17/h4,10-11,16-17H,2-3,5-9,12-15H2,1H3/b11-10+. The van der Waals surface area contributed by atoms with Gasteiger partial charge in [-0.05, 0) is 50.4 Å². The summed E-state index contributed by atoms with van der Waals surface area (Å²) in [5.74, 6) is 1.66. The molecule has 0 unspecified atom stereocenters. The summed E-state index contributed by atoms with van der Waals surface area (Å²) in [7, 11) is 0. The van der Waals surface area contributed by atoms with E-state index in [1.165, 1.54) is 64.2 Å². The Morgan fingerprint density at radius 3 is 2.24 bits per heavy atom. The fraction of sp³-hybridized carbons (Fsp3) is 0.765. The van der Waals surface area contributed by atoms with Crippen LogP contribution in [-0.4, -0.2) is 0 Å². The van der Waals surface area contributed by atoms with Gasteiger partial charge in [-0.15, -0.1) is 6.58 Å². The molecule has 17 heavy (non-hydrogen) atoms. The molecule has 0 aliphatic heterocycles. The maximum atomic E-state index is 3.90. The van der Waals surface area contributed by atoms with Gasteiger partial charge in [0.1, 0.15) is 0 Å². The second-order valence-electron chi connectivity index (χ2n) is 5.54. The van der Waals surface area contributed by atoms with Crippen LogP contribution in [0.25, 0.3) is 0 Å². The van der Waals surface area contributed by atoms with E-state index in [0.717, 1.165) is 11.8 Å². The van der Waals surface area contributed by atoms with Crippen molar-refractivity contribution in [3.63, 3.8) is 0 Å². The van der Waals surface area contributed by atoms with Crippen molar-refractivity contribution in [2.24, 2.45) is 11.8 Å². The molecule has 1 saturated carbocycles. The van der Waals surface area contributed by atoms with E-state index in [9.17, 15) is 0 Å². The van der Waals surface area contributed by atoms with Gasteiger partial charge in [-0.1, -0.05) is 50.8 Å². The summed E-state index contributed by atoms with van der Waals surface area (Å²) in [4.78, 5) is 0. The van der Waals surface area contributed by atoms with Gasteiger partial charge in [0, 0.05) is 0 Å². The molecule has 0 N–H and O–H groups in total. The Morgan fingerprint density at radius 2 is 1.59 bits per heavy atom. The van der Waals surface area contributed by atoms with Crippen LogP contribution in [0, 0.1) is 11.8 Å². The van der Waals surface area contributed by atoms with Crippen molar-refractivity contribution in [1.82, 2.24) is 0 Å². The molecule has 0 aromatic rings. The lowest BCUT2D eigenvalue weighted by Crippen LogP contribution is -2.10. The number of hydrogen-bond donors (Lipinski definition) is 0. The minimum atomic E-state index is 0.800. The molecule has 0 saturated heterocycles. The van der Waals surface area contributed by atoms with E-state index < -0.39 is 0 Å². The van der Waals surface area contributed by atoms with E-state index in [2.05, 4.69) is 31.7 Å². The summed E-state index contributed by atoms with van der Waals surface area (Å²) in [5, 5.41) is 0. The molecular formula is C17H30. The Kier molecular flexibility index (Phi) is 8.13. The van der Waals surface area contributed by atoms with E-state index in [1.54, 1.807) is 0 Å². The third-order valence-corrected chi connectivity index (χ3v) is 4.03. The highest BCUT2D eigenvalue weighted by molar-refractivity contribution is 4.93. The number of rotatable bonds is 8. The lowest BCUT2D eigenvalue weighted by Gasteiger charge is -2.24. The Morgan fingerprint density at radius 1 is 0.941 bits per heavy atom. The maximum absolute atomic E-state index is 3.90. The minimum Gasteiger partial charge on any atom is -0.103 e. The third-order valence-electron chi connectivity index (χ3n) is 4.03. The van der Waals surface area contributed by atoms with Crippen LogP contribution in [0.5, 0.6) is 0 Å². The molecule has 0 nitrogen and oxygen atoms in total. The molecular weight excluding hydrogens is 204 g/mol. The number of hydrogen-bond acceptors (Lipinski definition) is 0. The summed E-state index contributed by atoms with van der Waals surface area (Å²) >= 11 is 0. The zero-order valence-corrected chi connectivity index (χ0v) is 11.7. The molecule has 98 valence electrons. The van der Waals surface area contributed by atoms with Crippen molar-refractivity contribution in [2.75, 3.05) is 0 Å². The normalized spacial score (nSPS) is 25.2. The first kappa shape index (κ1) is 14.5. The second-order valence-corrected chi connectivity index (χ2v) is 5.54. The monoisotopic (exact) mass is 234 g/mol. The molecule has 1 rings (SSSR count). The molecule has 1 aliphatic carbocycles. The summed E-state index contributed by atoms with van der Waals surface area (Å²) in [5.41, 5.74) is 0. The van der Waals surface area contributed by atoms with Gasteiger partial charge < -0.3 is 0 Å². The van der Waals surface area contributed by atoms with Gasteiger partial charge in [0.05, 0.1) is 0 Å². The van der Waals surface area contributed by atoms with Crippen LogP contribution >= 0.6 is 0 Å². The van der Waals surface area contributed by atoms with Crippen molar-refractivity contribution in [1.29, 1.82) is 0 Å². The van der Waals surface area contributed by atoms with E-state index in [0.29, 0.717) is 0 Å². The Balaban J connectivity index is 1.99. The molecule has 0 spiro atoms. The third kappa shape index (κ3) is 6.71. The molecule has 1 fully saturated rings. The lowest BCUT2D eigenvalue weighted by atomic mass is 9.82. The molecule has 1 aliphatic rings. The quantitative estimate of drug-likeness (QED) is 0.362. The molecule has 0 bridgehead atoms. The SMILES string of the molecule is C=CC1CCC(/C=C/CCCCCCC)CC1. The molecule has 0 amide bonds. The van der Waals surface area contributed by atoms with Gasteiger partial charge in [0.15, 0.2) is 0 Å². The van der Waals surface area contributed by atoms with Crippen molar-refractivity contribution >= 4 is 0 Å². The number of allylic oxidation sites excluding steroid dienone is 3. The Hall–Kier alpha value is -0.520.